The second-order valence-corrected chi connectivity index (χ2v) is 8.63. The molecule has 0 spiro atoms. The fraction of sp³-hybridized carbons (Fsp3) is 0.143. The number of carboxylic acid groups (broad SMARTS) is 1. The van der Waals surface area contributed by atoms with E-state index in [1.54, 1.807) is 0 Å². The van der Waals surface area contributed by atoms with Crippen LogP contribution in [0.3, 0.4) is 0 Å². The number of carboxylic acids is 1. The Morgan fingerprint density at radius 2 is 1.53 bits per heavy atom. The van der Waals surface area contributed by atoms with E-state index in [1.165, 1.54) is 54.1 Å². The summed E-state index contributed by atoms with van der Waals surface area (Å²) in [6.07, 6.45) is -4.50. The van der Waals surface area contributed by atoms with Crippen LogP contribution in [0.15, 0.2) is 89.3 Å². The molecule has 3 aromatic carbocycles. The molecule has 0 atom stereocenters. The molecule has 1 heterocycles. The Morgan fingerprint density at radius 3 is 2.08 bits per heavy atom. The maximum atomic E-state index is 13.1. The van der Waals surface area contributed by atoms with Crippen molar-refractivity contribution in [3.8, 4) is 11.3 Å². The third kappa shape index (κ3) is 9.95. The highest BCUT2D eigenvalue weighted by molar-refractivity contribution is 6.36. The van der Waals surface area contributed by atoms with Gasteiger partial charge in [-0.2, -0.15) is 13.2 Å². The second-order valence-electron chi connectivity index (χ2n) is 7.79. The number of nitrogens with one attached hydrogen (secondary N) is 1. The Balaban J connectivity index is 0.000000384. The number of rotatable bonds is 4. The van der Waals surface area contributed by atoms with E-state index in [1.807, 2.05) is 18.2 Å². The summed E-state index contributed by atoms with van der Waals surface area (Å²) in [5, 5.41) is 10.6. The Hall–Kier alpha value is -3.75. The first-order chi connectivity index (χ1) is 17.9. The predicted molar refractivity (Wildman–Crippen MR) is 141 cm³/mol. The molecule has 0 aliphatic heterocycles. The van der Waals surface area contributed by atoms with Gasteiger partial charge in [0.25, 0.3) is 11.9 Å². The van der Waals surface area contributed by atoms with Crippen molar-refractivity contribution in [2.75, 3.05) is 0 Å². The number of halogens is 5. The fourth-order valence-corrected chi connectivity index (χ4v) is 3.53. The van der Waals surface area contributed by atoms with Crippen LogP contribution in [-0.4, -0.2) is 17.0 Å². The molecule has 38 heavy (non-hydrogen) atoms. The first-order valence-electron chi connectivity index (χ1n) is 11.1. The van der Waals surface area contributed by atoms with Crippen LogP contribution in [0.2, 0.25) is 10.0 Å². The molecule has 5 nitrogen and oxygen atoms in total. The highest BCUT2D eigenvalue weighted by atomic mass is 35.5. The molecule has 0 aliphatic rings. The number of carbonyl (C=O) groups is 2. The Bertz CT molecular complexity index is 1350. The predicted octanol–water partition coefficient (Wildman–Crippen LogP) is 8.29. The van der Waals surface area contributed by atoms with E-state index in [2.05, 4.69) is 24.4 Å². The number of alkyl halides is 3. The zero-order valence-electron chi connectivity index (χ0n) is 20.4. The van der Waals surface area contributed by atoms with Crippen LogP contribution in [0, 0.1) is 6.92 Å². The van der Waals surface area contributed by atoms with Gasteiger partial charge in [0.1, 0.15) is 11.5 Å². The summed E-state index contributed by atoms with van der Waals surface area (Å²) in [7, 11) is 0. The first kappa shape index (κ1) is 30.5. The monoisotopic (exact) mass is 565 g/mol. The molecular formula is C28H24Cl2F3NO4. The van der Waals surface area contributed by atoms with E-state index in [0.29, 0.717) is 10.8 Å². The van der Waals surface area contributed by atoms with E-state index >= 15 is 0 Å². The van der Waals surface area contributed by atoms with Crippen LogP contribution in [-0.2, 0) is 17.5 Å². The summed E-state index contributed by atoms with van der Waals surface area (Å²) in [5.74, 6) is -0.914. The van der Waals surface area contributed by atoms with E-state index < -0.39 is 23.6 Å². The number of aryl methyl sites for hydroxylation is 1. The molecule has 1 aromatic heterocycles. The van der Waals surface area contributed by atoms with Crippen molar-refractivity contribution < 1.29 is 32.3 Å². The van der Waals surface area contributed by atoms with E-state index in [0.717, 1.165) is 13.0 Å². The van der Waals surface area contributed by atoms with E-state index in [9.17, 15) is 18.0 Å². The van der Waals surface area contributed by atoms with Crippen LogP contribution in [0.1, 0.15) is 34.2 Å². The lowest BCUT2D eigenvalue weighted by molar-refractivity contribution is -0.137. The quantitative estimate of drug-likeness (QED) is 0.261. The van der Waals surface area contributed by atoms with Crippen LogP contribution in [0.25, 0.3) is 11.3 Å². The highest BCUT2D eigenvalue weighted by Crippen LogP contribution is 2.37. The molecular weight excluding hydrogens is 542 g/mol. The minimum Gasteiger partial charge on any atom is -0.481 e. The SMILES string of the molecule is CC(=O)O.Cc1ccccc1.O=C(NCc1ccc(-c2ccccc2C(F)(F)F)o1)c1ccc(Cl)cc1Cl. The van der Waals surface area contributed by atoms with Crippen molar-refractivity contribution >= 4 is 35.1 Å². The van der Waals surface area contributed by atoms with Gasteiger partial charge in [-0.3, -0.25) is 9.59 Å². The van der Waals surface area contributed by atoms with Crippen LogP contribution in [0.4, 0.5) is 13.2 Å². The third-order valence-corrected chi connectivity index (χ3v) is 5.25. The molecule has 0 aliphatic carbocycles. The average molecular weight is 566 g/mol. The van der Waals surface area contributed by atoms with Gasteiger partial charge in [-0.25, -0.2) is 0 Å². The number of furan rings is 1. The minimum absolute atomic E-state index is 0.00796. The van der Waals surface area contributed by atoms with Crippen molar-refractivity contribution in [1.29, 1.82) is 0 Å². The Morgan fingerprint density at radius 1 is 0.921 bits per heavy atom. The van der Waals surface area contributed by atoms with Crippen LogP contribution in [0.5, 0.6) is 0 Å². The summed E-state index contributed by atoms with van der Waals surface area (Å²) in [6, 6.07) is 22.8. The number of carbonyl (C=O) groups excluding carboxylic acids is 1. The zero-order chi connectivity index (χ0) is 28.3. The van der Waals surface area contributed by atoms with Crippen molar-refractivity contribution in [3.05, 3.63) is 117 Å². The van der Waals surface area contributed by atoms with Gasteiger partial charge in [0, 0.05) is 17.5 Å². The molecule has 1 amide bonds. The molecule has 0 saturated carbocycles. The minimum atomic E-state index is -4.50. The topological polar surface area (TPSA) is 79.5 Å². The van der Waals surface area contributed by atoms with Gasteiger partial charge in [0.15, 0.2) is 0 Å². The number of benzene rings is 3. The highest BCUT2D eigenvalue weighted by Gasteiger charge is 2.34. The summed E-state index contributed by atoms with van der Waals surface area (Å²) >= 11 is 11.8. The normalized spacial score (nSPS) is 10.4. The molecule has 10 heteroatoms. The molecule has 4 rings (SSSR count). The van der Waals surface area contributed by atoms with Crippen LogP contribution < -0.4 is 5.32 Å². The molecule has 0 unspecified atom stereocenters. The maximum absolute atomic E-state index is 13.1. The number of amides is 1. The number of hydrogen-bond donors (Lipinski definition) is 2. The lowest BCUT2D eigenvalue weighted by Crippen LogP contribution is -2.22. The lowest BCUT2D eigenvalue weighted by Gasteiger charge is -2.10. The van der Waals surface area contributed by atoms with Gasteiger partial charge in [0.2, 0.25) is 0 Å². The van der Waals surface area contributed by atoms with Crippen LogP contribution >= 0.6 is 23.2 Å². The van der Waals surface area contributed by atoms with E-state index in [-0.39, 0.29) is 28.5 Å². The summed E-state index contributed by atoms with van der Waals surface area (Å²) in [4.78, 5) is 21.2. The van der Waals surface area contributed by atoms with Crippen molar-refractivity contribution in [1.82, 2.24) is 5.32 Å². The molecule has 0 saturated heterocycles. The average Bonchev–Trinajstić information content (AvgIpc) is 3.32. The standard InChI is InChI=1S/C19H12Cl2F3NO2.C7H8.C2H4O2/c20-11-5-7-14(16(21)9-11)18(26)25-10-12-6-8-17(27-12)13-3-1-2-4-15(13)19(22,23)24;1-7-5-3-2-4-6-7;1-2(3)4/h1-9H,10H2,(H,25,26);2-6H,1H3;1H3,(H,3,4). The summed E-state index contributed by atoms with van der Waals surface area (Å²) in [5.41, 5.74) is 0.698. The molecule has 4 aromatic rings. The molecule has 0 bridgehead atoms. The van der Waals surface area contributed by atoms with Gasteiger partial charge < -0.3 is 14.8 Å². The molecule has 0 fully saturated rings. The molecule has 0 radical (unpaired) electrons. The number of aliphatic carboxylic acids is 1. The van der Waals surface area contributed by atoms with Gasteiger partial charge in [0.05, 0.1) is 22.7 Å². The van der Waals surface area contributed by atoms with Crippen molar-refractivity contribution in [2.45, 2.75) is 26.6 Å². The van der Waals surface area contributed by atoms with Gasteiger partial charge in [-0.15, -0.1) is 0 Å². The molecule has 2 N–H and O–H groups in total. The fourth-order valence-electron chi connectivity index (χ4n) is 3.03. The first-order valence-corrected chi connectivity index (χ1v) is 11.8. The third-order valence-electron chi connectivity index (χ3n) is 4.70. The van der Waals surface area contributed by atoms with Gasteiger partial charge in [-0.1, -0.05) is 77.3 Å². The van der Waals surface area contributed by atoms with Crippen molar-refractivity contribution in [2.24, 2.45) is 0 Å². The van der Waals surface area contributed by atoms with Gasteiger partial charge in [-0.05, 0) is 43.3 Å². The smallest absolute Gasteiger partial charge is 0.417 e. The Kier molecular flexibility index (Phi) is 11.4. The summed E-state index contributed by atoms with van der Waals surface area (Å²) in [6.45, 7) is 3.16. The van der Waals surface area contributed by atoms with Gasteiger partial charge >= 0.3 is 6.18 Å². The molecule has 200 valence electrons. The lowest BCUT2D eigenvalue weighted by atomic mass is 10.1. The van der Waals surface area contributed by atoms with E-state index in [4.69, 9.17) is 37.5 Å². The largest absolute Gasteiger partial charge is 0.481 e. The summed E-state index contributed by atoms with van der Waals surface area (Å²) < 4.78 is 44.9. The zero-order valence-corrected chi connectivity index (χ0v) is 21.9. The maximum Gasteiger partial charge on any atom is 0.417 e. The van der Waals surface area contributed by atoms with Crippen molar-refractivity contribution in [3.63, 3.8) is 0 Å². The Labute approximate surface area is 227 Å². The second kappa shape index (κ2) is 14.3. The number of hydrogen-bond acceptors (Lipinski definition) is 3.